The predicted molar refractivity (Wildman–Crippen MR) is 102 cm³/mol. The van der Waals surface area contributed by atoms with Crippen molar-refractivity contribution >= 4 is 11.9 Å². The average molecular weight is 379 g/mol. The third-order valence-corrected chi connectivity index (χ3v) is 5.17. The molecule has 1 aliphatic heterocycles. The molecule has 8 heteroatoms. The van der Waals surface area contributed by atoms with Gasteiger partial charge in [0.1, 0.15) is 5.82 Å². The number of hydrogen-bond acceptors (Lipinski definition) is 4. The largest absolute Gasteiger partial charge is 0.478 e. The Morgan fingerprint density at radius 2 is 2.14 bits per heavy atom. The lowest BCUT2D eigenvalue weighted by Crippen LogP contribution is -2.36. The highest BCUT2D eigenvalue weighted by molar-refractivity contribution is 5.94. The normalized spacial score (nSPS) is 13.4. The number of nitrogens with one attached hydrogen (secondary N) is 2. The smallest absolute Gasteiger partial charge is 0.335 e. The molecule has 3 heterocycles. The van der Waals surface area contributed by atoms with Crippen molar-refractivity contribution in [2.45, 2.75) is 33.2 Å². The minimum Gasteiger partial charge on any atom is -0.478 e. The Balaban J connectivity index is 1.58. The molecule has 0 unspecified atom stereocenters. The molecule has 0 saturated heterocycles. The maximum atomic E-state index is 12.9. The van der Waals surface area contributed by atoms with E-state index in [2.05, 4.69) is 20.2 Å². The van der Waals surface area contributed by atoms with E-state index < -0.39 is 5.97 Å². The first kappa shape index (κ1) is 18.0. The van der Waals surface area contributed by atoms with Crippen LogP contribution in [0.4, 0.5) is 0 Å². The first-order chi connectivity index (χ1) is 13.5. The molecule has 0 saturated carbocycles. The lowest BCUT2D eigenvalue weighted by atomic mass is 10.1. The number of aromatic nitrogens is 4. The van der Waals surface area contributed by atoms with Gasteiger partial charge in [-0.2, -0.15) is 5.10 Å². The molecule has 2 aromatic heterocycles. The molecule has 144 valence electrons. The van der Waals surface area contributed by atoms with E-state index in [1.54, 1.807) is 23.1 Å². The van der Waals surface area contributed by atoms with Crippen LogP contribution in [-0.4, -0.2) is 48.6 Å². The fraction of sp³-hybridized carbons (Fsp3) is 0.300. The SMILES string of the molecule is CCc1[nH]nc(C(=O)N2CCc3nc(-c4cccc(C(=O)O)c4)[nH]c3C2)c1C. The Morgan fingerprint density at radius 3 is 2.86 bits per heavy atom. The summed E-state index contributed by atoms with van der Waals surface area (Å²) in [5.74, 6) is -0.453. The van der Waals surface area contributed by atoms with Gasteiger partial charge < -0.3 is 15.0 Å². The van der Waals surface area contributed by atoms with E-state index in [-0.39, 0.29) is 11.5 Å². The Hall–Kier alpha value is -3.42. The van der Waals surface area contributed by atoms with Gasteiger partial charge in [-0.15, -0.1) is 0 Å². The summed E-state index contributed by atoms with van der Waals surface area (Å²) >= 11 is 0. The van der Waals surface area contributed by atoms with Crippen LogP contribution in [0.5, 0.6) is 0 Å². The van der Waals surface area contributed by atoms with E-state index in [9.17, 15) is 14.7 Å². The maximum Gasteiger partial charge on any atom is 0.335 e. The quantitative estimate of drug-likeness (QED) is 0.644. The first-order valence-corrected chi connectivity index (χ1v) is 9.22. The van der Waals surface area contributed by atoms with E-state index in [1.165, 1.54) is 0 Å². The van der Waals surface area contributed by atoms with Gasteiger partial charge in [0.25, 0.3) is 5.91 Å². The van der Waals surface area contributed by atoms with Crippen LogP contribution in [0.25, 0.3) is 11.4 Å². The van der Waals surface area contributed by atoms with Crippen molar-refractivity contribution < 1.29 is 14.7 Å². The van der Waals surface area contributed by atoms with Crippen LogP contribution in [-0.2, 0) is 19.4 Å². The van der Waals surface area contributed by atoms with Crippen molar-refractivity contribution in [3.05, 3.63) is 58.2 Å². The predicted octanol–water partition coefficient (Wildman–Crippen LogP) is 2.57. The minimum atomic E-state index is -0.976. The molecule has 1 aliphatic rings. The van der Waals surface area contributed by atoms with Gasteiger partial charge in [0.15, 0.2) is 5.69 Å². The molecule has 4 rings (SSSR count). The Kier molecular flexibility index (Phi) is 4.46. The second-order valence-electron chi connectivity index (χ2n) is 6.90. The van der Waals surface area contributed by atoms with Crippen molar-refractivity contribution in [1.29, 1.82) is 0 Å². The van der Waals surface area contributed by atoms with Crippen LogP contribution in [0.15, 0.2) is 24.3 Å². The zero-order valence-corrected chi connectivity index (χ0v) is 15.7. The molecule has 28 heavy (non-hydrogen) atoms. The van der Waals surface area contributed by atoms with Crippen molar-refractivity contribution in [3.8, 4) is 11.4 Å². The Bertz CT molecular complexity index is 1070. The number of carbonyl (C=O) groups is 2. The van der Waals surface area contributed by atoms with Gasteiger partial charge in [-0.1, -0.05) is 19.1 Å². The van der Waals surface area contributed by atoms with Gasteiger partial charge >= 0.3 is 5.97 Å². The molecule has 8 nitrogen and oxygen atoms in total. The number of nitrogens with zero attached hydrogens (tertiary/aromatic N) is 3. The van der Waals surface area contributed by atoms with Gasteiger partial charge in [-0.3, -0.25) is 9.89 Å². The molecular formula is C20H21N5O3. The summed E-state index contributed by atoms with van der Waals surface area (Å²) in [6, 6.07) is 6.65. The summed E-state index contributed by atoms with van der Waals surface area (Å²) in [6.45, 7) is 4.93. The summed E-state index contributed by atoms with van der Waals surface area (Å²) in [4.78, 5) is 33.7. The third-order valence-electron chi connectivity index (χ3n) is 5.17. The molecule has 3 aromatic rings. The number of carbonyl (C=O) groups excluding carboxylic acids is 1. The van der Waals surface area contributed by atoms with Crippen LogP contribution in [0, 0.1) is 6.92 Å². The van der Waals surface area contributed by atoms with Gasteiger partial charge in [0.2, 0.25) is 0 Å². The number of carboxylic acids is 1. The molecule has 0 radical (unpaired) electrons. The maximum absolute atomic E-state index is 12.9. The van der Waals surface area contributed by atoms with Crippen molar-refractivity contribution in [1.82, 2.24) is 25.1 Å². The van der Waals surface area contributed by atoms with Crippen LogP contribution in [0.3, 0.4) is 0 Å². The molecule has 0 spiro atoms. The van der Waals surface area contributed by atoms with Crippen LogP contribution in [0.1, 0.15) is 50.4 Å². The fourth-order valence-electron chi connectivity index (χ4n) is 3.54. The highest BCUT2D eigenvalue weighted by Crippen LogP contribution is 2.25. The van der Waals surface area contributed by atoms with E-state index in [4.69, 9.17) is 0 Å². The van der Waals surface area contributed by atoms with Crippen molar-refractivity contribution in [3.63, 3.8) is 0 Å². The van der Waals surface area contributed by atoms with Gasteiger partial charge in [-0.25, -0.2) is 9.78 Å². The summed E-state index contributed by atoms with van der Waals surface area (Å²) in [6.07, 6.45) is 1.44. The van der Waals surface area contributed by atoms with E-state index >= 15 is 0 Å². The topological polar surface area (TPSA) is 115 Å². The number of aromatic amines is 2. The zero-order valence-electron chi connectivity index (χ0n) is 15.7. The minimum absolute atomic E-state index is 0.0943. The molecule has 1 amide bonds. The molecule has 0 aliphatic carbocycles. The molecule has 0 fully saturated rings. The van der Waals surface area contributed by atoms with Gasteiger partial charge in [0, 0.05) is 29.8 Å². The number of fused-ring (bicyclic) bond motifs is 1. The van der Waals surface area contributed by atoms with Crippen molar-refractivity contribution in [2.75, 3.05) is 6.54 Å². The monoisotopic (exact) mass is 379 g/mol. The number of imidazole rings is 1. The molecule has 1 aromatic carbocycles. The summed E-state index contributed by atoms with van der Waals surface area (Å²) in [5.41, 5.74) is 5.05. The number of carboxylic acid groups (broad SMARTS) is 1. The molecule has 0 bridgehead atoms. The van der Waals surface area contributed by atoms with Crippen LogP contribution in [0.2, 0.25) is 0 Å². The molecule has 0 atom stereocenters. The van der Waals surface area contributed by atoms with Gasteiger partial charge in [-0.05, 0) is 25.5 Å². The Labute approximate surface area is 161 Å². The molecule has 3 N–H and O–H groups in total. The number of aryl methyl sites for hydroxylation is 1. The first-order valence-electron chi connectivity index (χ1n) is 9.22. The lowest BCUT2D eigenvalue weighted by molar-refractivity contribution is 0.0694. The fourth-order valence-corrected chi connectivity index (χ4v) is 3.54. The summed E-state index contributed by atoms with van der Waals surface area (Å²) < 4.78 is 0. The number of benzene rings is 1. The standard InChI is InChI=1S/C20H21N5O3/c1-3-14-11(2)17(24-23-14)19(26)25-8-7-15-16(10-25)22-18(21-15)12-5-4-6-13(9-12)20(27)28/h4-6,9H,3,7-8,10H2,1-2H3,(H,21,22)(H,23,24)(H,27,28). The summed E-state index contributed by atoms with van der Waals surface area (Å²) in [7, 11) is 0. The van der Waals surface area contributed by atoms with E-state index in [0.717, 1.165) is 29.1 Å². The second-order valence-corrected chi connectivity index (χ2v) is 6.90. The Morgan fingerprint density at radius 1 is 1.32 bits per heavy atom. The van der Waals surface area contributed by atoms with E-state index in [1.807, 2.05) is 19.9 Å². The van der Waals surface area contributed by atoms with Crippen molar-refractivity contribution in [2.24, 2.45) is 0 Å². The number of hydrogen-bond donors (Lipinski definition) is 3. The zero-order chi connectivity index (χ0) is 19.8. The molecular weight excluding hydrogens is 358 g/mol. The van der Waals surface area contributed by atoms with E-state index in [0.29, 0.717) is 36.6 Å². The number of rotatable bonds is 4. The second kappa shape index (κ2) is 6.95. The third kappa shape index (κ3) is 3.06. The lowest BCUT2D eigenvalue weighted by Gasteiger charge is -2.25. The van der Waals surface area contributed by atoms with Crippen LogP contribution < -0.4 is 0 Å². The number of amides is 1. The van der Waals surface area contributed by atoms with Gasteiger partial charge in [0.05, 0.1) is 23.5 Å². The highest BCUT2D eigenvalue weighted by atomic mass is 16.4. The number of H-pyrrole nitrogens is 2. The highest BCUT2D eigenvalue weighted by Gasteiger charge is 2.27. The average Bonchev–Trinajstić information content (AvgIpc) is 3.30. The van der Waals surface area contributed by atoms with Crippen LogP contribution >= 0.6 is 0 Å². The summed E-state index contributed by atoms with van der Waals surface area (Å²) in [5, 5.41) is 16.3. The number of aromatic carboxylic acids is 1.